The number of carbonyl (C=O) groups is 6. The number of alkyl halides is 1. The molecule has 2 heterocycles. The Morgan fingerprint density at radius 3 is 1.25 bits per heavy atom. The van der Waals surface area contributed by atoms with Crippen molar-refractivity contribution in [1.29, 1.82) is 0 Å². The normalized spacial score (nSPS) is 14.3. The second-order valence-electron chi connectivity index (χ2n) is 17.5. The summed E-state index contributed by atoms with van der Waals surface area (Å²) >= 11 is 3.48. The van der Waals surface area contributed by atoms with Crippen LogP contribution in [-0.4, -0.2) is 35.6 Å². The summed E-state index contributed by atoms with van der Waals surface area (Å²) in [6, 6.07) is 28.7. The summed E-state index contributed by atoms with van der Waals surface area (Å²) < 4.78 is 5.42. The molecule has 0 aromatic heterocycles. The third-order valence-corrected chi connectivity index (χ3v) is 12.2. The molecule has 0 aliphatic carbocycles. The molecular formula is C52H58BrKN2O8. The van der Waals surface area contributed by atoms with Crippen LogP contribution in [-0.2, 0) is 35.9 Å². The monoisotopic (exact) mass is 956 g/mol. The van der Waals surface area contributed by atoms with E-state index in [1.165, 1.54) is 65.9 Å². The summed E-state index contributed by atoms with van der Waals surface area (Å²) in [4.78, 5) is 70.9. The topological polar surface area (TPSA) is 141 Å². The molecule has 4 aromatic carbocycles. The van der Waals surface area contributed by atoms with E-state index in [1.54, 1.807) is 24.3 Å². The van der Waals surface area contributed by atoms with Crippen molar-refractivity contribution in [2.45, 2.75) is 105 Å². The maximum Gasteiger partial charge on any atom is 1.00 e. The van der Waals surface area contributed by atoms with E-state index in [9.17, 15) is 33.9 Å². The van der Waals surface area contributed by atoms with Crippen molar-refractivity contribution < 1.29 is 90.0 Å². The van der Waals surface area contributed by atoms with Crippen molar-refractivity contribution in [3.05, 3.63) is 155 Å². The summed E-state index contributed by atoms with van der Waals surface area (Å²) in [5.41, 5.74) is 6.92. The van der Waals surface area contributed by atoms with Gasteiger partial charge < -0.3 is 14.6 Å². The van der Waals surface area contributed by atoms with Gasteiger partial charge in [0.1, 0.15) is 6.61 Å². The molecule has 2 unspecified atom stereocenters. The van der Waals surface area contributed by atoms with Crippen LogP contribution in [0, 0.1) is 10.8 Å². The molecule has 0 saturated heterocycles. The Hall–Kier alpha value is -4.30. The maximum absolute atomic E-state index is 12.4. The van der Waals surface area contributed by atoms with Gasteiger partial charge in [0.05, 0.1) is 22.9 Å². The van der Waals surface area contributed by atoms with Gasteiger partial charge in [0.25, 0.3) is 23.6 Å². The molecule has 2 aliphatic rings. The summed E-state index contributed by atoms with van der Waals surface area (Å²) in [6.07, 6.45) is 9.55. The summed E-state index contributed by atoms with van der Waals surface area (Å²) in [7, 11) is 0. The number of aromatic carboxylic acids is 1. The molecule has 10 nitrogen and oxygen atoms in total. The predicted molar refractivity (Wildman–Crippen MR) is 249 cm³/mol. The van der Waals surface area contributed by atoms with Crippen LogP contribution in [0.4, 0.5) is 11.4 Å². The number of anilines is 2. The quantitative estimate of drug-likeness (QED) is 0.0520. The third-order valence-electron chi connectivity index (χ3n) is 11.6. The van der Waals surface area contributed by atoms with Gasteiger partial charge in [0.15, 0.2) is 0 Å². The van der Waals surface area contributed by atoms with Crippen LogP contribution in [0.1, 0.15) is 136 Å². The number of amides is 4. The number of imide groups is 2. The number of nitrogens with zero attached hydrogens (tertiary/aromatic N) is 2. The Bertz CT molecular complexity index is 2270. The molecular weight excluding hydrogens is 900 g/mol. The zero-order valence-corrected chi connectivity index (χ0v) is 43.2. The Kier molecular flexibility index (Phi) is 21.0. The minimum Gasteiger partial charge on any atom is -0.545 e. The summed E-state index contributed by atoms with van der Waals surface area (Å²) in [5, 5.41) is 11.4. The zero-order chi connectivity index (χ0) is 46.5. The number of benzene rings is 4. The fourth-order valence-corrected chi connectivity index (χ4v) is 7.47. The summed E-state index contributed by atoms with van der Waals surface area (Å²) in [6.45, 7) is 18.6. The van der Waals surface area contributed by atoms with E-state index < -0.39 is 35.6 Å². The van der Waals surface area contributed by atoms with E-state index in [0.29, 0.717) is 39.6 Å². The van der Waals surface area contributed by atoms with Gasteiger partial charge in [-0.2, -0.15) is 0 Å². The standard InChI is InChI=1S/C26H29NO4.C15H23Br.C11H7NO4.K/c1-5-26(3,4)16-18(2)20-8-6-19(7-9-20)17-31-25(30)21-10-12-22(13-11-21)27-23(28)14-15-24(27)29;1-5-15(3,4)10-12(2)14-8-6-13(11-16)7-9-14;13-9-5-6-10(14)12(9)8-3-1-7(2-4-8)11(15)16;/h6-15,18H,5,16-17H2,1-4H3;6-9,12H,5,10-11H2,1-4H3;1-6H,(H,15,16);/q;;;+1/p-1. The van der Waals surface area contributed by atoms with Crippen molar-refractivity contribution in [3.8, 4) is 0 Å². The minimum atomic E-state index is -1.30. The number of rotatable bonds is 15. The van der Waals surface area contributed by atoms with Gasteiger partial charge in [-0.1, -0.05) is 145 Å². The molecule has 64 heavy (non-hydrogen) atoms. The largest absolute Gasteiger partial charge is 1.00 e. The van der Waals surface area contributed by atoms with Gasteiger partial charge >= 0.3 is 57.4 Å². The number of esters is 1. The first-order chi connectivity index (χ1) is 29.8. The Morgan fingerprint density at radius 1 is 0.578 bits per heavy atom. The number of ether oxygens (including phenoxy) is 1. The van der Waals surface area contributed by atoms with Gasteiger partial charge in [-0.3, -0.25) is 19.2 Å². The second kappa shape index (κ2) is 24.8. The Labute approximate surface area is 429 Å². The smallest absolute Gasteiger partial charge is 0.545 e. The van der Waals surface area contributed by atoms with E-state index in [2.05, 4.69) is 108 Å². The fourth-order valence-electron chi connectivity index (χ4n) is 7.09. The molecule has 0 saturated carbocycles. The molecule has 0 bridgehead atoms. The van der Waals surface area contributed by atoms with Crippen LogP contribution in [0.3, 0.4) is 0 Å². The van der Waals surface area contributed by atoms with E-state index in [-0.39, 0.29) is 63.6 Å². The van der Waals surface area contributed by atoms with Crippen LogP contribution in [0.25, 0.3) is 0 Å². The summed E-state index contributed by atoms with van der Waals surface area (Å²) in [5.74, 6) is -2.30. The van der Waals surface area contributed by atoms with E-state index in [4.69, 9.17) is 4.74 Å². The van der Waals surface area contributed by atoms with Crippen molar-refractivity contribution in [1.82, 2.24) is 0 Å². The van der Waals surface area contributed by atoms with Crippen molar-refractivity contribution in [3.63, 3.8) is 0 Å². The van der Waals surface area contributed by atoms with Gasteiger partial charge in [-0.15, -0.1) is 0 Å². The average Bonchev–Trinajstić information content (AvgIpc) is 3.80. The molecule has 2 aliphatic heterocycles. The van der Waals surface area contributed by atoms with Gasteiger partial charge in [-0.25, -0.2) is 14.6 Å². The predicted octanol–water partition coefficient (Wildman–Crippen LogP) is 7.40. The molecule has 0 spiro atoms. The molecule has 12 heteroatoms. The third kappa shape index (κ3) is 15.7. The molecule has 332 valence electrons. The number of carbonyl (C=O) groups excluding carboxylic acids is 6. The van der Waals surface area contributed by atoms with Crippen LogP contribution in [0.5, 0.6) is 0 Å². The van der Waals surface area contributed by atoms with E-state index in [1.807, 2.05) is 12.1 Å². The SMILES string of the molecule is CCC(C)(C)CC(C)c1ccc(CBr)cc1.CCC(C)(C)CC(C)c1ccc(COC(=O)c2ccc(N3C(=O)C=CC3=O)cc2)cc1.O=C([O-])c1ccc(N2C(=O)C=CC2=O)cc1.[K+]. The van der Waals surface area contributed by atoms with Crippen LogP contribution >= 0.6 is 15.9 Å². The fraction of sp³-hybridized carbons (Fsp3) is 0.346. The van der Waals surface area contributed by atoms with E-state index in [0.717, 1.165) is 45.7 Å². The first-order valence-electron chi connectivity index (χ1n) is 21.2. The Morgan fingerprint density at radius 2 is 0.922 bits per heavy atom. The molecule has 0 fully saturated rings. The van der Waals surface area contributed by atoms with Crippen molar-refractivity contribution in [2.75, 3.05) is 9.80 Å². The number of carboxylic acids is 1. The molecule has 0 radical (unpaired) electrons. The molecule has 4 amide bonds. The van der Waals surface area contributed by atoms with Crippen LogP contribution in [0.15, 0.2) is 121 Å². The van der Waals surface area contributed by atoms with Crippen LogP contribution < -0.4 is 66.3 Å². The van der Waals surface area contributed by atoms with Crippen molar-refractivity contribution in [2.24, 2.45) is 10.8 Å². The average molecular weight is 958 g/mol. The number of hydrogen-bond acceptors (Lipinski definition) is 8. The van der Waals surface area contributed by atoms with Gasteiger partial charge in [0, 0.05) is 29.6 Å². The second-order valence-corrected chi connectivity index (χ2v) is 18.1. The zero-order valence-electron chi connectivity index (χ0n) is 38.5. The molecule has 0 N–H and O–H groups in total. The molecule has 2 atom stereocenters. The van der Waals surface area contributed by atoms with E-state index >= 15 is 0 Å². The number of carboxylic acid groups (broad SMARTS) is 1. The molecule has 4 aromatic rings. The maximum atomic E-state index is 12.4. The Balaban J connectivity index is 0.000000278. The number of halogens is 1. The van der Waals surface area contributed by atoms with Crippen LogP contribution in [0.2, 0.25) is 0 Å². The first-order valence-corrected chi connectivity index (χ1v) is 22.3. The molecule has 6 rings (SSSR count). The first kappa shape index (κ1) is 54.0. The van der Waals surface area contributed by atoms with Gasteiger partial charge in [0.2, 0.25) is 0 Å². The van der Waals surface area contributed by atoms with Crippen molar-refractivity contribution >= 4 is 62.9 Å². The van der Waals surface area contributed by atoms with Gasteiger partial charge in [-0.05, 0) is 99.7 Å². The number of hydrogen-bond donors (Lipinski definition) is 0. The minimum absolute atomic E-state index is 0.